The third-order valence-corrected chi connectivity index (χ3v) is 6.49. The standard InChI is InChI=1S/C32H42O3/c1-3-5-7-8-9-11-22-35-32(33)30-14-12-13-26(24-30)15-16-27-17-18-29-25-31(20-19-28(29)23-27)34-21-10-6-4-2/h12-14,17-20,23-25H,3-11,15-16,21-22H2,1-2H3. The van der Waals surface area contributed by atoms with Gasteiger partial charge in [-0.25, -0.2) is 4.79 Å². The van der Waals surface area contributed by atoms with Crippen LogP contribution in [0.4, 0.5) is 0 Å². The van der Waals surface area contributed by atoms with Gasteiger partial charge in [0.25, 0.3) is 0 Å². The maximum atomic E-state index is 12.4. The zero-order valence-corrected chi connectivity index (χ0v) is 21.7. The number of hydrogen-bond donors (Lipinski definition) is 0. The Morgan fingerprint density at radius 1 is 0.657 bits per heavy atom. The van der Waals surface area contributed by atoms with Crippen molar-refractivity contribution in [2.24, 2.45) is 0 Å². The largest absolute Gasteiger partial charge is 0.494 e. The lowest BCUT2D eigenvalue weighted by Gasteiger charge is -2.09. The topological polar surface area (TPSA) is 35.5 Å². The minimum Gasteiger partial charge on any atom is -0.494 e. The summed E-state index contributed by atoms with van der Waals surface area (Å²) < 4.78 is 11.4. The average molecular weight is 475 g/mol. The van der Waals surface area contributed by atoms with Crippen LogP contribution in [0.1, 0.15) is 93.1 Å². The van der Waals surface area contributed by atoms with Crippen molar-refractivity contribution in [1.82, 2.24) is 0 Å². The molecule has 0 heterocycles. The molecule has 0 amide bonds. The Balaban J connectivity index is 1.47. The Morgan fingerprint density at radius 2 is 1.31 bits per heavy atom. The van der Waals surface area contributed by atoms with Crippen LogP contribution < -0.4 is 4.74 Å². The zero-order valence-electron chi connectivity index (χ0n) is 21.7. The van der Waals surface area contributed by atoms with Crippen LogP contribution >= 0.6 is 0 Å². The Morgan fingerprint density at radius 3 is 2.14 bits per heavy atom. The molecule has 0 unspecified atom stereocenters. The molecular formula is C32H42O3. The van der Waals surface area contributed by atoms with E-state index in [0.717, 1.165) is 50.0 Å². The summed E-state index contributed by atoms with van der Waals surface area (Å²) in [6, 6.07) is 20.9. The fourth-order valence-electron chi connectivity index (χ4n) is 4.33. The van der Waals surface area contributed by atoms with E-state index in [0.29, 0.717) is 12.2 Å². The Hall–Kier alpha value is -2.81. The number of benzene rings is 3. The molecule has 3 aromatic rings. The molecule has 3 aromatic carbocycles. The number of fused-ring (bicyclic) bond motifs is 1. The first-order chi connectivity index (χ1) is 17.2. The molecule has 0 aromatic heterocycles. The Labute approximate surface area is 211 Å². The molecule has 0 N–H and O–H groups in total. The number of esters is 1. The average Bonchev–Trinajstić information content (AvgIpc) is 2.89. The van der Waals surface area contributed by atoms with Gasteiger partial charge in [0, 0.05) is 0 Å². The summed E-state index contributed by atoms with van der Waals surface area (Å²) in [6.45, 7) is 5.72. The molecular weight excluding hydrogens is 432 g/mol. The van der Waals surface area contributed by atoms with E-state index in [1.54, 1.807) is 0 Å². The number of ether oxygens (including phenoxy) is 2. The van der Waals surface area contributed by atoms with Gasteiger partial charge < -0.3 is 9.47 Å². The highest BCUT2D eigenvalue weighted by molar-refractivity contribution is 5.89. The van der Waals surface area contributed by atoms with Gasteiger partial charge in [0.05, 0.1) is 18.8 Å². The van der Waals surface area contributed by atoms with Gasteiger partial charge in [0.2, 0.25) is 0 Å². The zero-order chi connectivity index (χ0) is 24.7. The molecule has 0 atom stereocenters. The monoisotopic (exact) mass is 474 g/mol. The first kappa shape index (κ1) is 26.8. The molecule has 3 heteroatoms. The SMILES string of the molecule is CCCCCCCCOC(=O)c1cccc(CCc2ccc3cc(OCCCCC)ccc3c2)c1. The number of carbonyl (C=O) groups excluding carboxylic acids is 1. The maximum Gasteiger partial charge on any atom is 0.338 e. The van der Waals surface area contributed by atoms with Gasteiger partial charge in [0.15, 0.2) is 0 Å². The first-order valence-electron chi connectivity index (χ1n) is 13.6. The third-order valence-electron chi connectivity index (χ3n) is 6.49. The van der Waals surface area contributed by atoms with Crippen molar-refractivity contribution in [3.8, 4) is 5.75 Å². The normalized spacial score (nSPS) is 11.0. The van der Waals surface area contributed by atoms with Crippen molar-refractivity contribution in [3.05, 3.63) is 77.4 Å². The molecule has 0 aliphatic heterocycles. The van der Waals surface area contributed by atoms with Gasteiger partial charge in [-0.15, -0.1) is 0 Å². The predicted octanol–water partition coefficient (Wildman–Crippen LogP) is 8.71. The van der Waals surface area contributed by atoms with Crippen LogP contribution in [0.15, 0.2) is 60.7 Å². The van der Waals surface area contributed by atoms with E-state index in [-0.39, 0.29) is 5.97 Å². The molecule has 0 fully saturated rings. The first-order valence-corrected chi connectivity index (χ1v) is 13.6. The predicted molar refractivity (Wildman–Crippen MR) is 146 cm³/mol. The Bertz CT molecular complexity index is 1040. The van der Waals surface area contributed by atoms with E-state index in [1.165, 1.54) is 54.9 Å². The van der Waals surface area contributed by atoms with Gasteiger partial charge in [-0.1, -0.05) is 95.2 Å². The molecule has 0 bridgehead atoms. The van der Waals surface area contributed by atoms with Crippen LogP contribution in [0.2, 0.25) is 0 Å². The fraction of sp³-hybridized carbons (Fsp3) is 0.469. The van der Waals surface area contributed by atoms with Gasteiger partial charge in [0.1, 0.15) is 5.75 Å². The minimum atomic E-state index is -0.209. The van der Waals surface area contributed by atoms with E-state index in [9.17, 15) is 4.79 Å². The minimum absolute atomic E-state index is 0.209. The molecule has 0 saturated heterocycles. The van der Waals surface area contributed by atoms with Crippen LogP contribution in [0.3, 0.4) is 0 Å². The van der Waals surface area contributed by atoms with Crippen LogP contribution in [-0.2, 0) is 17.6 Å². The fourth-order valence-corrected chi connectivity index (χ4v) is 4.33. The summed E-state index contributed by atoms with van der Waals surface area (Å²) in [6.07, 6.45) is 12.5. The van der Waals surface area contributed by atoms with Crippen molar-refractivity contribution in [2.75, 3.05) is 13.2 Å². The van der Waals surface area contributed by atoms with Crippen LogP contribution in [-0.4, -0.2) is 19.2 Å². The number of unbranched alkanes of at least 4 members (excludes halogenated alkanes) is 7. The molecule has 0 saturated carbocycles. The highest BCUT2D eigenvalue weighted by Crippen LogP contribution is 2.23. The van der Waals surface area contributed by atoms with Gasteiger partial charge in [-0.2, -0.15) is 0 Å². The second-order valence-electron chi connectivity index (χ2n) is 9.50. The molecule has 0 aliphatic carbocycles. The quantitative estimate of drug-likeness (QED) is 0.154. The molecule has 188 valence electrons. The summed E-state index contributed by atoms with van der Waals surface area (Å²) in [5.41, 5.74) is 3.11. The van der Waals surface area contributed by atoms with Crippen molar-refractivity contribution < 1.29 is 14.3 Å². The van der Waals surface area contributed by atoms with E-state index in [1.807, 2.05) is 18.2 Å². The lowest BCUT2D eigenvalue weighted by molar-refractivity contribution is 0.0497. The van der Waals surface area contributed by atoms with Crippen LogP contribution in [0.25, 0.3) is 10.8 Å². The molecule has 3 rings (SSSR count). The second-order valence-corrected chi connectivity index (χ2v) is 9.50. The van der Waals surface area contributed by atoms with Crippen molar-refractivity contribution in [1.29, 1.82) is 0 Å². The summed E-state index contributed by atoms with van der Waals surface area (Å²) in [5, 5.41) is 2.44. The number of rotatable bonds is 16. The van der Waals surface area contributed by atoms with Crippen molar-refractivity contribution in [2.45, 2.75) is 84.5 Å². The van der Waals surface area contributed by atoms with E-state index in [4.69, 9.17) is 9.47 Å². The van der Waals surface area contributed by atoms with Crippen LogP contribution in [0.5, 0.6) is 5.75 Å². The molecule has 0 spiro atoms. The van der Waals surface area contributed by atoms with Gasteiger partial charge in [-0.05, 0) is 71.8 Å². The second kappa shape index (κ2) is 15.2. The number of hydrogen-bond acceptors (Lipinski definition) is 3. The summed E-state index contributed by atoms with van der Waals surface area (Å²) in [7, 11) is 0. The van der Waals surface area contributed by atoms with E-state index in [2.05, 4.69) is 56.3 Å². The van der Waals surface area contributed by atoms with Gasteiger partial charge in [-0.3, -0.25) is 0 Å². The highest BCUT2D eigenvalue weighted by atomic mass is 16.5. The highest BCUT2D eigenvalue weighted by Gasteiger charge is 2.08. The summed E-state index contributed by atoms with van der Waals surface area (Å²) in [4.78, 5) is 12.4. The van der Waals surface area contributed by atoms with E-state index >= 15 is 0 Å². The molecule has 0 radical (unpaired) electrons. The maximum absolute atomic E-state index is 12.4. The lowest BCUT2D eigenvalue weighted by atomic mass is 10.00. The Kier molecular flexibility index (Phi) is 11.7. The van der Waals surface area contributed by atoms with Crippen LogP contribution in [0, 0.1) is 0 Å². The van der Waals surface area contributed by atoms with E-state index < -0.39 is 0 Å². The van der Waals surface area contributed by atoms with Crippen molar-refractivity contribution in [3.63, 3.8) is 0 Å². The molecule has 0 aliphatic rings. The van der Waals surface area contributed by atoms with Gasteiger partial charge >= 0.3 is 5.97 Å². The van der Waals surface area contributed by atoms with Crippen molar-refractivity contribution >= 4 is 16.7 Å². The lowest BCUT2D eigenvalue weighted by Crippen LogP contribution is -2.07. The third kappa shape index (κ3) is 9.39. The summed E-state index contributed by atoms with van der Waals surface area (Å²) >= 11 is 0. The number of aryl methyl sites for hydroxylation is 2. The summed E-state index contributed by atoms with van der Waals surface area (Å²) in [5.74, 6) is 0.736. The molecule has 3 nitrogen and oxygen atoms in total. The number of carbonyl (C=O) groups is 1. The smallest absolute Gasteiger partial charge is 0.338 e. The molecule has 35 heavy (non-hydrogen) atoms.